The Kier molecular flexibility index (Phi) is 7.84. The van der Waals surface area contributed by atoms with E-state index in [2.05, 4.69) is 4.90 Å². The van der Waals surface area contributed by atoms with Gasteiger partial charge in [0.25, 0.3) is 0 Å². The van der Waals surface area contributed by atoms with Crippen molar-refractivity contribution in [1.29, 1.82) is 0 Å². The van der Waals surface area contributed by atoms with Gasteiger partial charge in [-0.3, -0.25) is 0 Å². The maximum atomic E-state index is 11.0. The Labute approximate surface area is 86.0 Å². The van der Waals surface area contributed by atoms with Crippen LogP contribution in [0.3, 0.4) is 0 Å². The Hall–Kier alpha value is -1.09. The third-order valence-corrected chi connectivity index (χ3v) is 1.53. The number of esters is 1. The fourth-order valence-corrected chi connectivity index (χ4v) is 0.847. The molecule has 80 valence electrons. The van der Waals surface area contributed by atoms with E-state index in [1.807, 2.05) is 27.1 Å². The van der Waals surface area contributed by atoms with Crippen molar-refractivity contribution in [3.05, 3.63) is 24.3 Å². The summed E-state index contributed by atoms with van der Waals surface area (Å²) >= 11 is 0. The van der Waals surface area contributed by atoms with Crippen LogP contribution in [0.2, 0.25) is 0 Å². The molecule has 0 saturated carbocycles. The van der Waals surface area contributed by atoms with E-state index in [1.165, 1.54) is 6.08 Å². The molecule has 0 rings (SSSR count). The summed E-state index contributed by atoms with van der Waals surface area (Å²) in [6.07, 6.45) is 7.62. The van der Waals surface area contributed by atoms with Gasteiger partial charge in [0.15, 0.2) is 0 Å². The van der Waals surface area contributed by atoms with E-state index in [4.69, 9.17) is 4.74 Å². The zero-order valence-corrected chi connectivity index (χ0v) is 9.19. The summed E-state index contributed by atoms with van der Waals surface area (Å²) in [7, 11) is 3.99. The molecular weight excluding hydrogens is 178 g/mol. The molecule has 0 aromatic carbocycles. The highest BCUT2D eigenvalue weighted by molar-refractivity contribution is 5.82. The van der Waals surface area contributed by atoms with Crippen molar-refractivity contribution in [3.63, 3.8) is 0 Å². The van der Waals surface area contributed by atoms with Crippen molar-refractivity contribution >= 4 is 5.97 Å². The zero-order chi connectivity index (χ0) is 10.8. The molecule has 0 aromatic heterocycles. The van der Waals surface area contributed by atoms with Gasteiger partial charge in [0.2, 0.25) is 0 Å². The molecule has 0 aliphatic rings. The summed E-state index contributed by atoms with van der Waals surface area (Å²) in [6.45, 7) is 3.32. The predicted octanol–water partition coefficient (Wildman–Crippen LogP) is 1.61. The topological polar surface area (TPSA) is 29.5 Å². The molecule has 14 heavy (non-hydrogen) atoms. The molecule has 0 bridgehead atoms. The molecule has 0 radical (unpaired) electrons. The Morgan fingerprint density at radius 2 is 2.07 bits per heavy atom. The van der Waals surface area contributed by atoms with Gasteiger partial charge in [-0.2, -0.15) is 0 Å². The van der Waals surface area contributed by atoms with Crippen molar-refractivity contribution < 1.29 is 9.53 Å². The number of allylic oxidation sites excluding steroid dienone is 3. The smallest absolute Gasteiger partial charge is 0.330 e. The molecule has 0 aliphatic heterocycles. The van der Waals surface area contributed by atoms with Crippen LogP contribution < -0.4 is 0 Å². The van der Waals surface area contributed by atoms with Crippen LogP contribution in [-0.4, -0.2) is 38.1 Å². The molecule has 0 saturated heterocycles. The van der Waals surface area contributed by atoms with E-state index in [0.717, 1.165) is 13.0 Å². The first-order chi connectivity index (χ1) is 6.66. The van der Waals surface area contributed by atoms with Crippen molar-refractivity contribution in [2.45, 2.75) is 13.3 Å². The average molecular weight is 197 g/mol. The lowest BCUT2D eigenvalue weighted by Crippen LogP contribution is -2.15. The van der Waals surface area contributed by atoms with E-state index in [-0.39, 0.29) is 5.97 Å². The Morgan fingerprint density at radius 3 is 2.64 bits per heavy atom. The number of carbonyl (C=O) groups is 1. The second kappa shape index (κ2) is 8.51. The number of ether oxygens (including phenoxy) is 1. The lowest BCUT2D eigenvalue weighted by Gasteiger charge is -2.08. The van der Waals surface area contributed by atoms with Crippen LogP contribution in [0.5, 0.6) is 0 Å². The third kappa shape index (κ3) is 9.00. The van der Waals surface area contributed by atoms with Gasteiger partial charge in [-0.15, -0.1) is 0 Å². The molecule has 0 N–H and O–H groups in total. The van der Waals surface area contributed by atoms with E-state index in [1.54, 1.807) is 12.2 Å². The van der Waals surface area contributed by atoms with Crippen LogP contribution in [0, 0.1) is 0 Å². The summed E-state index contributed by atoms with van der Waals surface area (Å²) in [5.74, 6) is -0.276. The molecule has 0 amide bonds. The molecule has 3 heteroatoms. The largest absolute Gasteiger partial charge is 0.462 e. The molecule has 0 spiro atoms. The maximum Gasteiger partial charge on any atom is 0.330 e. The summed E-state index contributed by atoms with van der Waals surface area (Å²) in [4.78, 5) is 13.1. The number of hydrogen-bond acceptors (Lipinski definition) is 3. The van der Waals surface area contributed by atoms with Gasteiger partial charge in [-0.1, -0.05) is 18.2 Å². The minimum Gasteiger partial charge on any atom is -0.462 e. The lowest BCUT2D eigenvalue weighted by molar-refractivity contribution is -0.137. The highest BCUT2D eigenvalue weighted by atomic mass is 16.5. The number of carbonyl (C=O) groups excluding carboxylic acids is 1. The van der Waals surface area contributed by atoms with Crippen LogP contribution >= 0.6 is 0 Å². The molecule has 0 unspecified atom stereocenters. The highest BCUT2D eigenvalue weighted by Gasteiger charge is 1.95. The first-order valence-electron chi connectivity index (χ1n) is 4.77. The quantitative estimate of drug-likeness (QED) is 0.280. The van der Waals surface area contributed by atoms with Crippen LogP contribution in [0.15, 0.2) is 24.3 Å². The van der Waals surface area contributed by atoms with Gasteiger partial charge in [-0.25, -0.2) is 4.79 Å². The van der Waals surface area contributed by atoms with Crippen molar-refractivity contribution in [2.24, 2.45) is 0 Å². The number of hydrogen-bond donors (Lipinski definition) is 0. The molecule has 0 atom stereocenters. The fraction of sp³-hybridized carbons (Fsp3) is 0.545. The normalized spacial score (nSPS) is 11.7. The first-order valence-corrected chi connectivity index (χ1v) is 4.77. The van der Waals surface area contributed by atoms with E-state index < -0.39 is 0 Å². The Balaban J connectivity index is 3.45. The third-order valence-electron chi connectivity index (χ3n) is 1.53. The van der Waals surface area contributed by atoms with Crippen molar-refractivity contribution in [2.75, 3.05) is 27.2 Å². The predicted molar refractivity (Wildman–Crippen MR) is 58.1 cm³/mol. The molecule has 0 heterocycles. The van der Waals surface area contributed by atoms with E-state index in [0.29, 0.717) is 6.61 Å². The Bertz CT molecular complexity index is 207. The van der Waals surface area contributed by atoms with E-state index in [9.17, 15) is 4.79 Å². The number of rotatable bonds is 6. The molecule has 0 aliphatic carbocycles. The molecule has 3 nitrogen and oxygen atoms in total. The van der Waals surface area contributed by atoms with Crippen molar-refractivity contribution in [1.82, 2.24) is 4.90 Å². The second-order valence-electron chi connectivity index (χ2n) is 3.21. The zero-order valence-electron chi connectivity index (χ0n) is 9.19. The fourth-order valence-electron chi connectivity index (χ4n) is 0.847. The average Bonchev–Trinajstić information content (AvgIpc) is 2.13. The summed E-state index contributed by atoms with van der Waals surface area (Å²) < 4.78 is 4.95. The standard InChI is InChI=1S/C11H19NO2/c1-4-5-6-8-11(13)14-10-7-9-12(2)3/h4-6,8H,7,9-10H2,1-3H3/b5-4+,8-6+. The molecule has 0 fully saturated rings. The van der Waals surface area contributed by atoms with Crippen molar-refractivity contribution in [3.8, 4) is 0 Å². The van der Waals surface area contributed by atoms with Crippen LogP contribution in [-0.2, 0) is 9.53 Å². The van der Waals surface area contributed by atoms with Gasteiger partial charge < -0.3 is 9.64 Å². The van der Waals surface area contributed by atoms with Gasteiger partial charge in [-0.05, 0) is 27.4 Å². The minimum absolute atomic E-state index is 0.276. The van der Waals surface area contributed by atoms with Crippen LogP contribution in [0.25, 0.3) is 0 Å². The van der Waals surface area contributed by atoms with Gasteiger partial charge >= 0.3 is 5.97 Å². The van der Waals surface area contributed by atoms with Crippen LogP contribution in [0.4, 0.5) is 0 Å². The van der Waals surface area contributed by atoms with Gasteiger partial charge in [0.05, 0.1) is 6.61 Å². The van der Waals surface area contributed by atoms with Gasteiger partial charge in [0.1, 0.15) is 0 Å². The highest BCUT2D eigenvalue weighted by Crippen LogP contribution is 1.88. The van der Waals surface area contributed by atoms with Gasteiger partial charge in [0, 0.05) is 12.6 Å². The molecule has 0 aromatic rings. The summed E-state index contributed by atoms with van der Waals surface area (Å²) in [5, 5.41) is 0. The lowest BCUT2D eigenvalue weighted by atomic mass is 10.4. The summed E-state index contributed by atoms with van der Waals surface area (Å²) in [6, 6.07) is 0. The number of nitrogens with zero attached hydrogens (tertiary/aromatic N) is 1. The monoisotopic (exact) mass is 197 g/mol. The Morgan fingerprint density at radius 1 is 1.36 bits per heavy atom. The second-order valence-corrected chi connectivity index (χ2v) is 3.21. The van der Waals surface area contributed by atoms with Crippen LogP contribution in [0.1, 0.15) is 13.3 Å². The van der Waals surface area contributed by atoms with E-state index >= 15 is 0 Å². The minimum atomic E-state index is -0.276. The maximum absolute atomic E-state index is 11.0. The molecular formula is C11H19NO2. The SMILES string of the molecule is C/C=C/C=C/C(=O)OCCCN(C)C. The summed E-state index contributed by atoms with van der Waals surface area (Å²) in [5.41, 5.74) is 0. The first kappa shape index (κ1) is 12.9.